The summed E-state index contributed by atoms with van der Waals surface area (Å²) in [6, 6.07) is 2.05. The van der Waals surface area contributed by atoms with E-state index >= 15 is 0 Å². The van der Waals surface area contributed by atoms with E-state index in [1.165, 1.54) is 12.8 Å². The molecule has 6 N–H and O–H groups in total. The van der Waals surface area contributed by atoms with E-state index in [1.807, 2.05) is 0 Å². The molecular weight excluding hydrogens is 232 g/mol. The lowest BCUT2D eigenvalue weighted by atomic mass is 10.1. The number of rotatable bonds is 4. The number of ether oxygens (including phenoxy) is 1. The summed E-state index contributed by atoms with van der Waals surface area (Å²) in [4.78, 5) is 8.12. The predicted molar refractivity (Wildman–Crippen MR) is 68.7 cm³/mol. The second kappa shape index (κ2) is 4.58. The summed E-state index contributed by atoms with van der Waals surface area (Å²) in [5.74, 6) is 7.44. The van der Waals surface area contributed by atoms with Crippen LogP contribution in [0.3, 0.4) is 0 Å². The van der Waals surface area contributed by atoms with Gasteiger partial charge in [-0.15, -0.1) is 0 Å². The number of hydrogen-bond donors (Lipinski definition) is 4. The van der Waals surface area contributed by atoms with Gasteiger partial charge in [0.15, 0.2) is 0 Å². The maximum Gasteiger partial charge on any atom is 0.223 e. The number of aromatic nitrogens is 2. The third-order valence-electron chi connectivity index (χ3n) is 3.45. The summed E-state index contributed by atoms with van der Waals surface area (Å²) in [6.07, 6.45) is 3.83. The molecule has 1 aliphatic heterocycles. The minimum atomic E-state index is 0.204. The van der Waals surface area contributed by atoms with Crippen LogP contribution in [0.4, 0.5) is 17.6 Å². The fourth-order valence-corrected chi connectivity index (χ4v) is 2.46. The zero-order valence-electron chi connectivity index (χ0n) is 10.1. The van der Waals surface area contributed by atoms with Crippen molar-refractivity contribution in [1.29, 1.82) is 0 Å². The summed E-state index contributed by atoms with van der Waals surface area (Å²) in [5.41, 5.74) is 8.10. The van der Waals surface area contributed by atoms with Crippen molar-refractivity contribution in [3.05, 3.63) is 6.07 Å². The zero-order valence-corrected chi connectivity index (χ0v) is 10.1. The Morgan fingerprint density at radius 1 is 1.22 bits per heavy atom. The first-order chi connectivity index (χ1) is 8.76. The number of hydrogen-bond acceptors (Lipinski definition) is 7. The molecule has 1 aliphatic carbocycles. The lowest BCUT2D eigenvalue weighted by Gasteiger charge is -2.20. The van der Waals surface area contributed by atoms with Crippen molar-refractivity contribution >= 4 is 17.6 Å². The maximum atomic E-state index is 5.77. The molecule has 3 rings (SSSR count). The van der Waals surface area contributed by atoms with Crippen molar-refractivity contribution in [3.63, 3.8) is 0 Å². The van der Waals surface area contributed by atoms with Crippen molar-refractivity contribution in [2.75, 3.05) is 23.1 Å². The van der Waals surface area contributed by atoms with E-state index in [-0.39, 0.29) is 5.95 Å². The lowest BCUT2D eigenvalue weighted by molar-refractivity contribution is 0.0898. The van der Waals surface area contributed by atoms with Crippen LogP contribution < -0.4 is 22.3 Å². The van der Waals surface area contributed by atoms with E-state index in [9.17, 15) is 0 Å². The highest BCUT2D eigenvalue weighted by Gasteiger charge is 2.40. The number of hydrazine groups is 1. The van der Waals surface area contributed by atoms with Gasteiger partial charge in [0.25, 0.3) is 0 Å². The first kappa shape index (κ1) is 11.5. The van der Waals surface area contributed by atoms with Gasteiger partial charge in [-0.1, -0.05) is 0 Å². The van der Waals surface area contributed by atoms with Gasteiger partial charge in [0.05, 0.1) is 12.1 Å². The van der Waals surface area contributed by atoms with Gasteiger partial charge in [-0.25, -0.2) is 5.84 Å². The van der Waals surface area contributed by atoms with Gasteiger partial charge in [0.2, 0.25) is 5.95 Å². The molecule has 98 valence electrons. The number of nitrogens with one attached hydrogen (secondary N) is 2. The molecule has 7 heteroatoms. The normalized spacial score (nSPS) is 27.2. The number of nitrogens with two attached hydrogens (primary N) is 2. The van der Waals surface area contributed by atoms with Crippen molar-refractivity contribution < 1.29 is 4.74 Å². The molecule has 1 saturated heterocycles. The average molecular weight is 250 g/mol. The Labute approximate surface area is 105 Å². The molecule has 7 nitrogen and oxygen atoms in total. The van der Waals surface area contributed by atoms with E-state index in [0.29, 0.717) is 29.7 Å². The van der Waals surface area contributed by atoms with Crippen molar-refractivity contribution in [3.8, 4) is 0 Å². The Hall–Kier alpha value is -1.60. The monoisotopic (exact) mass is 250 g/mol. The Bertz CT molecular complexity index is 436. The van der Waals surface area contributed by atoms with Crippen LogP contribution in [0.15, 0.2) is 6.07 Å². The minimum absolute atomic E-state index is 0.204. The predicted octanol–water partition coefficient (Wildman–Crippen LogP) is 0.324. The molecule has 2 unspecified atom stereocenters. The van der Waals surface area contributed by atoms with Crippen LogP contribution in [-0.4, -0.2) is 28.7 Å². The molecule has 2 heterocycles. The minimum Gasteiger partial charge on any atom is -0.376 e. The molecule has 0 amide bonds. The molecule has 2 fully saturated rings. The highest BCUT2D eigenvalue weighted by molar-refractivity contribution is 5.51. The van der Waals surface area contributed by atoms with Crippen LogP contribution in [0.2, 0.25) is 0 Å². The molecule has 0 aromatic carbocycles. The Morgan fingerprint density at radius 3 is 2.72 bits per heavy atom. The molecule has 1 aromatic heterocycles. The summed E-state index contributed by atoms with van der Waals surface area (Å²) in [5, 5.41) is 3.38. The van der Waals surface area contributed by atoms with E-state index in [2.05, 4.69) is 20.7 Å². The Balaban J connectivity index is 1.73. The van der Waals surface area contributed by atoms with E-state index in [1.54, 1.807) is 6.07 Å². The van der Waals surface area contributed by atoms with Gasteiger partial charge in [-0.05, 0) is 25.2 Å². The summed E-state index contributed by atoms with van der Waals surface area (Å²) >= 11 is 0. The van der Waals surface area contributed by atoms with Crippen LogP contribution in [-0.2, 0) is 4.74 Å². The van der Waals surface area contributed by atoms with Gasteiger partial charge in [-0.2, -0.15) is 9.97 Å². The third-order valence-corrected chi connectivity index (χ3v) is 3.45. The van der Waals surface area contributed by atoms with Gasteiger partial charge in [0, 0.05) is 12.7 Å². The molecule has 1 saturated carbocycles. The Kier molecular flexibility index (Phi) is 2.92. The molecule has 0 bridgehead atoms. The fourth-order valence-electron chi connectivity index (χ4n) is 2.46. The molecule has 18 heavy (non-hydrogen) atoms. The van der Waals surface area contributed by atoms with Crippen LogP contribution >= 0.6 is 0 Å². The first-order valence-corrected chi connectivity index (χ1v) is 6.25. The molecular formula is C11H18N6O. The first-order valence-electron chi connectivity index (χ1n) is 6.25. The van der Waals surface area contributed by atoms with Crippen molar-refractivity contribution in [1.82, 2.24) is 9.97 Å². The second-order valence-electron chi connectivity index (χ2n) is 4.85. The number of nitrogens with zero attached hydrogens (tertiary/aromatic N) is 2. The zero-order chi connectivity index (χ0) is 12.5. The standard InChI is InChI=1S/C11H18N6O/c12-11-15-8(5-9(16-11)17-13)14-7-3-4-18-10(7)6-1-2-6/h5-7,10H,1-4,13H2,(H4,12,14,15,16,17). The number of anilines is 3. The van der Waals surface area contributed by atoms with Gasteiger partial charge < -0.3 is 21.2 Å². The average Bonchev–Trinajstić information content (AvgIpc) is 3.10. The smallest absolute Gasteiger partial charge is 0.223 e. The van der Waals surface area contributed by atoms with Crippen LogP contribution in [0.25, 0.3) is 0 Å². The van der Waals surface area contributed by atoms with E-state index < -0.39 is 0 Å². The SMILES string of the molecule is NNc1cc(NC2CCOC2C2CC2)nc(N)n1. The van der Waals surface area contributed by atoms with Crippen molar-refractivity contribution in [2.45, 2.75) is 31.4 Å². The van der Waals surface area contributed by atoms with Gasteiger partial charge in [0.1, 0.15) is 11.6 Å². The highest BCUT2D eigenvalue weighted by atomic mass is 16.5. The van der Waals surface area contributed by atoms with Crippen LogP contribution in [0, 0.1) is 5.92 Å². The largest absolute Gasteiger partial charge is 0.376 e. The van der Waals surface area contributed by atoms with Crippen LogP contribution in [0.5, 0.6) is 0 Å². The lowest BCUT2D eigenvalue weighted by Crippen LogP contribution is -2.31. The van der Waals surface area contributed by atoms with Gasteiger partial charge in [-0.3, -0.25) is 0 Å². The summed E-state index contributed by atoms with van der Waals surface area (Å²) in [6.45, 7) is 0.807. The van der Waals surface area contributed by atoms with E-state index in [0.717, 1.165) is 13.0 Å². The quantitative estimate of drug-likeness (QED) is 0.450. The highest BCUT2D eigenvalue weighted by Crippen LogP contribution is 2.39. The Morgan fingerprint density at radius 2 is 2.00 bits per heavy atom. The number of nitrogen functional groups attached to an aromatic ring is 2. The molecule has 0 spiro atoms. The molecule has 2 aliphatic rings. The van der Waals surface area contributed by atoms with Crippen molar-refractivity contribution in [2.24, 2.45) is 11.8 Å². The molecule has 0 radical (unpaired) electrons. The van der Waals surface area contributed by atoms with Crippen LogP contribution in [0.1, 0.15) is 19.3 Å². The topological polar surface area (TPSA) is 111 Å². The van der Waals surface area contributed by atoms with Gasteiger partial charge >= 0.3 is 0 Å². The summed E-state index contributed by atoms with van der Waals surface area (Å²) < 4.78 is 5.77. The molecule has 2 atom stereocenters. The second-order valence-corrected chi connectivity index (χ2v) is 4.85. The maximum absolute atomic E-state index is 5.77. The summed E-state index contributed by atoms with van der Waals surface area (Å²) in [7, 11) is 0. The molecule has 1 aromatic rings. The fraction of sp³-hybridized carbons (Fsp3) is 0.636. The van der Waals surface area contributed by atoms with E-state index in [4.69, 9.17) is 16.3 Å². The third kappa shape index (κ3) is 2.32.